The average molecular weight is 394 g/mol. The van der Waals surface area contributed by atoms with Crippen LogP contribution in [0.4, 0.5) is 0 Å². The molecule has 3 heteroatoms. The molecule has 0 radical (unpaired) electrons. The van der Waals surface area contributed by atoms with Gasteiger partial charge < -0.3 is 0 Å². The summed E-state index contributed by atoms with van der Waals surface area (Å²) in [6, 6.07) is 26.6. The highest BCUT2D eigenvalue weighted by Gasteiger charge is 2.17. The van der Waals surface area contributed by atoms with Crippen LogP contribution in [-0.2, 0) is 0 Å². The van der Waals surface area contributed by atoms with Crippen LogP contribution in [0, 0.1) is 0 Å². The zero-order valence-corrected chi connectivity index (χ0v) is 15.6. The van der Waals surface area contributed by atoms with E-state index in [0.717, 1.165) is 16.3 Å². The first-order valence-corrected chi connectivity index (χ1v) is 9.08. The van der Waals surface area contributed by atoms with Gasteiger partial charge in [0.2, 0.25) is 0 Å². The second-order valence-electron chi connectivity index (χ2n) is 6.07. The topological polar surface area (TPSA) is 29.1 Å². The zero-order chi connectivity index (χ0) is 17.6. The molecular formula is C22H20BrNO. The molecule has 0 aliphatic carbocycles. The fourth-order valence-electron chi connectivity index (χ4n) is 2.94. The van der Waals surface area contributed by atoms with E-state index in [1.807, 2.05) is 36.4 Å². The van der Waals surface area contributed by atoms with E-state index in [1.165, 1.54) is 11.1 Å². The van der Waals surface area contributed by atoms with Gasteiger partial charge in [-0.05, 0) is 41.8 Å². The molecule has 1 N–H and O–H groups in total. The van der Waals surface area contributed by atoms with Crippen molar-refractivity contribution in [1.82, 2.24) is 5.32 Å². The van der Waals surface area contributed by atoms with E-state index in [-0.39, 0.29) is 12.1 Å². The van der Waals surface area contributed by atoms with E-state index in [0.29, 0.717) is 5.56 Å². The molecule has 2 nitrogen and oxygen atoms in total. The number of carbonyl (C=O) groups is 1. The second kappa shape index (κ2) is 8.24. The van der Waals surface area contributed by atoms with Gasteiger partial charge in [-0.3, -0.25) is 10.1 Å². The third-order valence-corrected chi connectivity index (χ3v) is 4.83. The Labute approximate surface area is 157 Å². The van der Waals surface area contributed by atoms with Crippen molar-refractivity contribution < 1.29 is 4.79 Å². The standard InChI is InChI=1S/C22H20BrNO/c1-16(18-10-12-21(23)13-11-18)24-22(19-7-3-2-4-8-19)20-9-5-6-17(14-20)15-25/h2-16,22,24H,1H3/t16-,22?/m0/s1. The van der Waals surface area contributed by atoms with Crippen LogP contribution >= 0.6 is 15.9 Å². The highest BCUT2D eigenvalue weighted by Crippen LogP contribution is 2.27. The van der Waals surface area contributed by atoms with Gasteiger partial charge >= 0.3 is 0 Å². The Morgan fingerprint density at radius 3 is 2.20 bits per heavy atom. The molecule has 3 aromatic rings. The Morgan fingerprint density at radius 2 is 1.52 bits per heavy atom. The number of rotatable bonds is 6. The number of hydrogen-bond donors (Lipinski definition) is 1. The number of nitrogens with one attached hydrogen (secondary N) is 1. The minimum Gasteiger partial charge on any atom is -0.300 e. The van der Waals surface area contributed by atoms with Crippen molar-refractivity contribution in [3.05, 3.63) is 106 Å². The first-order valence-electron chi connectivity index (χ1n) is 8.29. The molecule has 1 unspecified atom stereocenters. The molecule has 0 aliphatic rings. The fourth-order valence-corrected chi connectivity index (χ4v) is 3.20. The van der Waals surface area contributed by atoms with E-state index >= 15 is 0 Å². The number of carbonyl (C=O) groups excluding carboxylic acids is 1. The zero-order valence-electron chi connectivity index (χ0n) is 14.0. The van der Waals surface area contributed by atoms with Crippen LogP contribution in [0.1, 0.15) is 46.1 Å². The van der Waals surface area contributed by atoms with Gasteiger partial charge in [0.1, 0.15) is 6.29 Å². The molecule has 0 saturated carbocycles. The van der Waals surface area contributed by atoms with Crippen LogP contribution in [-0.4, -0.2) is 6.29 Å². The van der Waals surface area contributed by atoms with Crippen LogP contribution < -0.4 is 5.32 Å². The summed E-state index contributed by atoms with van der Waals surface area (Å²) >= 11 is 3.48. The lowest BCUT2D eigenvalue weighted by molar-refractivity contribution is 0.112. The van der Waals surface area contributed by atoms with Crippen LogP contribution in [0.5, 0.6) is 0 Å². The molecule has 0 saturated heterocycles. The van der Waals surface area contributed by atoms with Gasteiger partial charge in [-0.1, -0.05) is 76.6 Å². The van der Waals surface area contributed by atoms with Crippen molar-refractivity contribution in [1.29, 1.82) is 0 Å². The number of hydrogen-bond acceptors (Lipinski definition) is 2. The summed E-state index contributed by atoms with van der Waals surface area (Å²) in [5, 5.41) is 3.71. The highest BCUT2D eigenvalue weighted by atomic mass is 79.9. The van der Waals surface area contributed by atoms with Gasteiger partial charge in [-0.25, -0.2) is 0 Å². The van der Waals surface area contributed by atoms with Gasteiger partial charge in [0.15, 0.2) is 0 Å². The van der Waals surface area contributed by atoms with Gasteiger partial charge in [-0.2, -0.15) is 0 Å². The van der Waals surface area contributed by atoms with Crippen molar-refractivity contribution in [3.8, 4) is 0 Å². The van der Waals surface area contributed by atoms with Gasteiger partial charge in [0, 0.05) is 16.1 Å². The maximum absolute atomic E-state index is 11.2. The first kappa shape index (κ1) is 17.6. The Morgan fingerprint density at radius 1 is 0.840 bits per heavy atom. The third kappa shape index (κ3) is 4.44. The molecule has 3 rings (SSSR count). The number of halogens is 1. The van der Waals surface area contributed by atoms with E-state index < -0.39 is 0 Å². The van der Waals surface area contributed by atoms with E-state index in [4.69, 9.17) is 0 Å². The summed E-state index contributed by atoms with van der Waals surface area (Å²) in [6.45, 7) is 2.16. The fraction of sp³-hybridized carbons (Fsp3) is 0.136. The van der Waals surface area contributed by atoms with Crippen molar-refractivity contribution in [2.45, 2.75) is 19.0 Å². The first-order chi connectivity index (χ1) is 12.2. The van der Waals surface area contributed by atoms with Crippen molar-refractivity contribution >= 4 is 22.2 Å². The van der Waals surface area contributed by atoms with Crippen molar-refractivity contribution in [2.75, 3.05) is 0 Å². The minimum absolute atomic E-state index is 0.0137. The average Bonchev–Trinajstić information content (AvgIpc) is 2.67. The predicted octanol–water partition coefficient (Wildman–Crippen LogP) is 5.70. The second-order valence-corrected chi connectivity index (χ2v) is 6.99. The highest BCUT2D eigenvalue weighted by molar-refractivity contribution is 9.10. The summed E-state index contributed by atoms with van der Waals surface area (Å²) in [5.41, 5.74) is 4.17. The molecular weight excluding hydrogens is 374 g/mol. The number of benzene rings is 3. The van der Waals surface area contributed by atoms with Crippen LogP contribution in [0.3, 0.4) is 0 Å². The van der Waals surface area contributed by atoms with Gasteiger partial charge in [0.05, 0.1) is 6.04 Å². The normalized spacial score (nSPS) is 13.2. The predicted molar refractivity (Wildman–Crippen MR) is 106 cm³/mol. The lowest BCUT2D eigenvalue weighted by atomic mass is 9.95. The number of aldehydes is 1. The van der Waals surface area contributed by atoms with E-state index in [9.17, 15) is 4.79 Å². The summed E-state index contributed by atoms with van der Waals surface area (Å²) in [6.07, 6.45) is 0.893. The molecule has 3 aromatic carbocycles. The monoisotopic (exact) mass is 393 g/mol. The largest absolute Gasteiger partial charge is 0.300 e. The summed E-state index contributed by atoms with van der Waals surface area (Å²) in [7, 11) is 0. The van der Waals surface area contributed by atoms with Crippen LogP contribution in [0.2, 0.25) is 0 Å². The van der Waals surface area contributed by atoms with Crippen molar-refractivity contribution in [3.63, 3.8) is 0 Å². The Kier molecular flexibility index (Phi) is 5.79. The molecule has 126 valence electrons. The maximum atomic E-state index is 11.2. The molecule has 0 bridgehead atoms. The SMILES string of the molecule is C[C@H](NC(c1ccccc1)c1cccc(C=O)c1)c1ccc(Br)cc1. The summed E-state index contributed by atoms with van der Waals surface area (Å²) in [4.78, 5) is 11.2. The van der Waals surface area contributed by atoms with Gasteiger partial charge in [0.25, 0.3) is 0 Å². The van der Waals surface area contributed by atoms with Crippen molar-refractivity contribution in [2.24, 2.45) is 0 Å². The van der Waals surface area contributed by atoms with Gasteiger partial charge in [-0.15, -0.1) is 0 Å². The third-order valence-electron chi connectivity index (χ3n) is 4.30. The molecule has 25 heavy (non-hydrogen) atoms. The van der Waals surface area contributed by atoms with E-state index in [1.54, 1.807) is 0 Å². The molecule has 0 heterocycles. The maximum Gasteiger partial charge on any atom is 0.150 e. The Balaban J connectivity index is 1.93. The molecule has 0 fully saturated rings. The lowest BCUT2D eigenvalue weighted by Crippen LogP contribution is -2.25. The lowest BCUT2D eigenvalue weighted by Gasteiger charge is -2.25. The summed E-state index contributed by atoms with van der Waals surface area (Å²) < 4.78 is 1.07. The minimum atomic E-state index is 0.0137. The molecule has 0 aliphatic heterocycles. The molecule has 2 atom stereocenters. The molecule has 0 aromatic heterocycles. The Hall–Kier alpha value is -2.23. The molecule has 0 spiro atoms. The quantitative estimate of drug-likeness (QED) is 0.544. The molecule has 0 amide bonds. The van der Waals surface area contributed by atoms with E-state index in [2.05, 4.69) is 70.6 Å². The van der Waals surface area contributed by atoms with Crippen LogP contribution in [0.25, 0.3) is 0 Å². The van der Waals surface area contributed by atoms with Crippen LogP contribution in [0.15, 0.2) is 83.3 Å². The Bertz CT molecular complexity index is 830. The smallest absolute Gasteiger partial charge is 0.150 e. The summed E-state index contributed by atoms with van der Waals surface area (Å²) in [5.74, 6) is 0.